The molecule has 9 aromatic rings. The van der Waals surface area contributed by atoms with Crippen molar-refractivity contribution in [2.45, 2.75) is 0 Å². The van der Waals surface area contributed by atoms with Gasteiger partial charge in [0.2, 0.25) is 0 Å². The zero-order valence-corrected chi connectivity index (χ0v) is 23.5. The normalized spacial score (nSPS) is 11.6. The molecule has 7 aromatic carbocycles. The van der Waals surface area contributed by atoms with Crippen LogP contribution in [0.3, 0.4) is 0 Å². The minimum Gasteiger partial charge on any atom is -0.254 e. The second-order valence-corrected chi connectivity index (χ2v) is 11.8. The lowest BCUT2D eigenvalue weighted by Crippen LogP contribution is -1.91. The zero-order valence-electron chi connectivity index (χ0n) is 22.7. The van der Waals surface area contributed by atoms with E-state index in [-0.39, 0.29) is 8.41 Å². The van der Waals surface area contributed by atoms with Crippen LogP contribution in [0.5, 0.6) is 0 Å². The van der Waals surface area contributed by atoms with Crippen molar-refractivity contribution in [2.24, 2.45) is 0 Å². The van der Waals surface area contributed by atoms with Crippen LogP contribution in [-0.4, -0.2) is 13.4 Å². The predicted molar refractivity (Wildman–Crippen MR) is 184 cm³/mol. The quantitative estimate of drug-likeness (QED) is 0.155. The number of nitrogens with zero attached hydrogens (tertiary/aromatic N) is 1. The summed E-state index contributed by atoms with van der Waals surface area (Å²) in [7, 11) is 0. The number of aromatic nitrogens is 1. The lowest BCUT2D eigenvalue weighted by atomic mass is 9.85. The molecule has 0 saturated heterocycles. The molecule has 2 heterocycles. The molecule has 1 nitrogen and oxygen atoms in total. The van der Waals surface area contributed by atoms with Crippen molar-refractivity contribution in [3.05, 3.63) is 140 Å². The fourth-order valence-electron chi connectivity index (χ4n) is 6.60. The monoisotopic (exact) mass is 548 g/mol. The maximum Gasteiger partial charge on any atom is 0.0894 e. The van der Waals surface area contributed by atoms with Gasteiger partial charge in [-0.25, -0.2) is 0 Å². The van der Waals surface area contributed by atoms with Crippen molar-refractivity contribution < 1.29 is 0 Å². The largest absolute Gasteiger partial charge is 0.254 e. The summed E-state index contributed by atoms with van der Waals surface area (Å²) in [6, 6.07) is 48.7. The molecule has 0 unspecified atom stereocenters. The fraction of sp³-hybridized carbons (Fsp3) is 0. The highest BCUT2D eigenvalue weighted by Gasteiger charge is 2.17. The molecule has 0 aliphatic carbocycles. The van der Waals surface area contributed by atoms with Crippen LogP contribution in [0.2, 0.25) is 0 Å². The molecule has 0 fully saturated rings. The van der Waals surface area contributed by atoms with Crippen LogP contribution in [0.1, 0.15) is 0 Å². The molecule has 42 heavy (non-hydrogen) atoms. The highest BCUT2D eigenvalue weighted by molar-refractivity contribution is 7.26. The second-order valence-electron chi connectivity index (χ2n) is 10.7. The summed E-state index contributed by atoms with van der Waals surface area (Å²) in [5, 5.41) is 11.3. The number of fused-ring (bicyclic) bond motifs is 8. The molecule has 0 aliphatic heterocycles. The molecule has 2 aromatic heterocycles. The number of pyridine rings is 1. The van der Waals surface area contributed by atoms with Gasteiger partial charge in [-0.2, -0.15) is 0 Å². The lowest BCUT2D eigenvalue weighted by molar-refractivity contribution is 1.47. The third kappa shape index (κ3) is 3.60. The Bertz CT molecular complexity index is 2430. The SMILES string of the molecule is [B].c1ccc2cc(-c3c4ccccc4c(-c4ccc5c(cnc6c7ccccc7sc56)c4)c4ccccc34)ccc2c1. The highest BCUT2D eigenvalue weighted by atomic mass is 32.1. The van der Waals surface area contributed by atoms with Crippen LogP contribution in [0, 0.1) is 0 Å². The van der Waals surface area contributed by atoms with E-state index >= 15 is 0 Å². The van der Waals surface area contributed by atoms with Crippen molar-refractivity contribution in [1.29, 1.82) is 0 Å². The van der Waals surface area contributed by atoms with Crippen LogP contribution in [0.15, 0.2) is 140 Å². The van der Waals surface area contributed by atoms with Gasteiger partial charge in [-0.05, 0) is 72.8 Å². The first kappa shape index (κ1) is 24.8. The Morgan fingerprint density at radius 3 is 1.62 bits per heavy atom. The van der Waals surface area contributed by atoms with E-state index in [4.69, 9.17) is 4.98 Å². The van der Waals surface area contributed by atoms with E-state index in [2.05, 4.69) is 133 Å². The summed E-state index contributed by atoms with van der Waals surface area (Å²) < 4.78 is 2.55. The average molecular weight is 548 g/mol. The summed E-state index contributed by atoms with van der Waals surface area (Å²) in [6.45, 7) is 0. The van der Waals surface area contributed by atoms with Crippen LogP contribution >= 0.6 is 11.3 Å². The minimum atomic E-state index is 0. The van der Waals surface area contributed by atoms with E-state index in [1.807, 2.05) is 17.5 Å². The van der Waals surface area contributed by atoms with E-state index < -0.39 is 0 Å². The third-order valence-corrected chi connectivity index (χ3v) is 9.65. The van der Waals surface area contributed by atoms with Crippen molar-refractivity contribution in [2.75, 3.05) is 0 Å². The smallest absolute Gasteiger partial charge is 0.0894 e. The second kappa shape index (κ2) is 9.55. The number of benzene rings is 7. The third-order valence-electron chi connectivity index (χ3n) is 8.46. The fourth-order valence-corrected chi connectivity index (χ4v) is 7.80. The Morgan fingerprint density at radius 1 is 0.429 bits per heavy atom. The summed E-state index contributed by atoms with van der Waals surface area (Å²) in [5.41, 5.74) is 6.13. The molecule has 3 heteroatoms. The maximum absolute atomic E-state index is 4.95. The number of thiophene rings is 1. The molecule has 0 bridgehead atoms. The van der Waals surface area contributed by atoms with Gasteiger partial charge in [-0.1, -0.05) is 115 Å². The maximum atomic E-state index is 4.95. The number of rotatable bonds is 2. The lowest BCUT2D eigenvalue weighted by Gasteiger charge is -2.18. The molecule has 3 radical (unpaired) electrons. The van der Waals surface area contributed by atoms with E-state index in [0.29, 0.717) is 0 Å². The predicted octanol–water partition coefficient (Wildman–Crippen LogP) is 11.0. The minimum absolute atomic E-state index is 0. The van der Waals surface area contributed by atoms with Gasteiger partial charge in [0.25, 0.3) is 0 Å². The van der Waals surface area contributed by atoms with Gasteiger partial charge in [0.15, 0.2) is 0 Å². The zero-order chi connectivity index (χ0) is 26.9. The first-order chi connectivity index (χ1) is 20.3. The van der Waals surface area contributed by atoms with E-state index in [0.717, 1.165) is 5.52 Å². The average Bonchev–Trinajstić information content (AvgIpc) is 3.42. The molecular formula is C39H23BNS. The molecule has 193 valence electrons. The first-order valence-corrected chi connectivity index (χ1v) is 14.8. The van der Waals surface area contributed by atoms with Crippen molar-refractivity contribution in [1.82, 2.24) is 4.98 Å². The van der Waals surface area contributed by atoms with Gasteiger partial charge in [-0.3, -0.25) is 4.98 Å². The number of hydrogen-bond donors (Lipinski definition) is 0. The summed E-state index contributed by atoms with van der Waals surface area (Å²) >= 11 is 1.84. The summed E-state index contributed by atoms with van der Waals surface area (Å²) in [5.74, 6) is 0. The van der Waals surface area contributed by atoms with Gasteiger partial charge in [0.1, 0.15) is 0 Å². The van der Waals surface area contributed by atoms with Crippen LogP contribution in [0.25, 0.3) is 85.6 Å². The Labute approximate surface area is 249 Å². The highest BCUT2D eigenvalue weighted by Crippen LogP contribution is 2.45. The summed E-state index contributed by atoms with van der Waals surface area (Å²) in [4.78, 5) is 4.95. The Hall–Kier alpha value is -4.99. The van der Waals surface area contributed by atoms with E-state index in [1.54, 1.807) is 0 Å². The summed E-state index contributed by atoms with van der Waals surface area (Å²) in [6.07, 6.45) is 2.05. The van der Waals surface area contributed by atoms with Crippen molar-refractivity contribution >= 4 is 83.1 Å². The molecular weight excluding hydrogens is 525 g/mol. The Balaban J connectivity index is 0.00000267. The van der Waals surface area contributed by atoms with E-state index in [1.165, 1.54) is 80.1 Å². The van der Waals surface area contributed by atoms with Crippen LogP contribution in [-0.2, 0) is 0 Å². The molecule has 0 saturated carbocycles. The topological polar surface area (TPSA) is 12.9 Å². The first-order valence-electron chi connectivity index (χ1n) is 14.0. The molecule has 0 aliphatic rings. The van der Waals surface area contributed by atoms with Crippen LogP contribution in [0.4, 0.5) is 0 Å². The standard InChI is InChI=1S/C39H23NS.B/c1-2-10-25-21-26(18-17-24(25)9-1)36-30-11-3-5-13-32(30)37(33-14-6-4-12-31(33)36)27-19-20-29-28(22-27)23-40-38-34-15-7-8-16-35(34)41-39(29)38;/h1-23H;. The van der Waals surface area contributed by atoms with E-state index in [9.17, 15) is 0 Å². The van der Waals surface area contributed by atoms with Gasteiger partial charge in [0, 0.05) is 35.5 Å². The van der Waals surface area contributed by atoms with Crippen molar-refractivity contribution in [3.63, 3.8) is 0 Å². The van der Waals surface area contributed by atoms with Crippen molar-refractivity contribution in [3.8, 4) is 22.3 Å². The number of hydrogen-bond acceptors (Lipinski definition) is 2. The Morgan fingerprint density at radius 2 is 0.952 bits per heavy atom. The molecule has 0 spiro atoms. The van der Waals surface area contributed by atoms with Gasteiger partial charge < -0.3 is 0 Å². The molecule has 9 rings (SSSR count). The molecule has 0 N–H and O–H groups in total. The van der Waals surface area contributed by atoms with Gasteiger partial charge in [-0.15, -0.1) is 11.3 Å². The van der Waals surface area contributed by atoms with Gasteiger partial charge in [0.05, 0.1) is 10.2 Å². The van der Waals surface area contributed by atoms with Crippen LogP contribution < -0.4 is 0 Å². The Kier molecular flexibility index (Phi) is 5.63. The molecule has 0 atom stereocenters. The molecule has 0 amide bonds. The van der Waals surface area contributed by atoms with Gasteiger partial charge >= 0.3 is 0 Å².